The first-order chi connectivity index (χ1) is 10.7. The minimum Gasteiger partial charge on any atom is -0.495 e. The van der Waals surface area contributed by atoms with Crippen molar-refractivity contribution in [1.29, 1.82) is 0 Å². The highest BCUT2D eigenvalue weighted by Crippen LogP contribution is 2.40. The largest absolute Gasteiger partial charge is 0.495 e. The predicted molar refractivity (Wildman–Crippen MR) is 90.0 cm³/mol. The normalized spacial score (nSPS) is 19.0. The van der Waals surface area contributed by atoms with Crippen molar-refractivity contribution in [3.05, 3.63) is 28.0 Å². The van der Waals surface area contributed by atoms with Gasteiger partial charge >= 0.3 is 0 Å². The molecule has 1 saturated heterocycles. The number of methoxy groups -OCH3 is 1. The first-order valence-corrected chi connectivity index (χ1v) is 8.87. The van der Waals surface area contributed by atoms with Crippen molar-refractivity contribution in [2.75, 3.05) is 26.7 Å². The Morgan fingerprint density at radius 2 is 2.23 bits per heavy atom. The average molecular weight is 320 g/mol. The number of nitrogens with one attached hydrogen (secondary N) is 1. The lowest BCUT2D eigenvalue weighted by Gasteiger charge is -2.31. The number of thiophene rings is 1. The Morgan fingerprint density at radius 1 is 1.45 bits per heavy atom. The molecular formula is C17H24N2O2S. The van der Waals surface area contributed by atoms with Crippen LogP contribution in [0.15, 0.2) is 12.7 Å². The Balaban J connectivity index is 1.62. The molecule has 0 unspecified atom stereocenters. The van der Waals surface area contributed by atoms with Gasteiger partial charge in [-0.2, -0.15) is 0 Å². The third-order valence-electron chi connectivity index (χ3n) is 4.59. The van der Waals surface area contributed by atoms with E-state index in [0.29, 0.717) is 0 Å². The zero-order chi connectivity index (χ0) is 15.5. The van der Waals surface area contributed by atoms with Gasteiger partial charge in [-0.1, -0.05) is 6.08 Å². The number of hydrogen-bond donors (Lipinski definition) is 1. The van der Waals surface area contributed by atoms with E-state index in [9.17, 15) is 4.79 Å². The Labute approximate surface area is 136 Å². The van der Waals surface area contributed by atoms with Crippen LogP contribution in [0.2, 0.25) is 0 Å². The van der Waals surface area contributed by atoms with Crippen molar-refractivity contribution in [2.24, 2.45) is 0 Å². The topological polar surface area (TPSA) is 41.6 Å². The molecule has 0 radical (unpaired) electrons. The summed E-state index contributed by atoms with van der Waals surface area (Å²) in [6, 6.07) is 0.273. The molecule has 120 valence electrons. The van der Waals surface area contributed by atoms with Gasteiger partial charge in [-0.25, -0.2) is 0 Å². The highest BCUT2D eigenvalue weighted by atomic mass is 32.1. The molecule has 5 heteroatoms. The summed E-state index contributed by atoms with van der Waals surface area (Å²) in [6.07, 6.45) is 7.27. The van der Waals surface area contributed by atoms with Gasteiger partial charge < -0.3 is 10.1 Å². The van der Waals surface area contributed by atoms with E-state index in [2.05, 4.69) is 16.8 Å². The van der Waals surface area contributed by atoms with Crippen LogP contribution in [-0.4, -0.2) is 43.6 Å². The molecule has 4 nitrogen and oxygen atoms in total. The number of aryl methyl sites for hydroxylation is 1. The van der Waals surface area contributed by atoms with E-state index >= 15 is 0 Å². The van der Waals surface area contributed by atoms with E-state index in [1.54, 1.807) is 18.4 Å². The summed E-state index contributed by atoms with van der Waals surface area (Å²) in [4.78, 5) is 17.1. The number of likely N-dealkylation sites (tertiary alicyclic amines) is 1. The van der Waals surface area contributed by atoms with Crippen LogP contribution in [0.25, 0.3) is 0 Å². The third kappa shape index (κ3) is 3.06. The molecule has 22 heavy (non-hydrogen) atoms. The van der Waals surface area contributed by atoms with Gasteiger partial charge in [0.05, 0.1) is 7.11 Å². The van der Waals surface area contributed by atoms with Crippen molar-refractivity contribution in [3.8, 4) is 5.75 Å². The molecule has 0 bridgehead atoms. The van der Waals surface area contributed by atoms with Crippen LogP contribution in [0, 0.1) is 0 Å². The standard InChI is InChI=1S/C17H24N2O2S/c1-3-9-19-10-7-12(8-11-19)18-17(20)16-15(21-2)13-5-4-6-14(13)22-16/h3,12H,1,4-11H2,2H3,(H,18,20). The highest BCUT2D eigenvalue weighted by Gasteiger charge is 2.28. The monoisotopic (exact) mass is 320 g/mol. The molecule has 1 aliphatic heterocycles. The lowest BCUT2D eigenvalue weighted by atomic mass is 10.0. The number of rotatable bonds is 5. The minimum absolute atomic E-state index is 0.0402. The summed E-state index contributed by atoms with van der Waals surface area (Å²) in [5.74, 6) is 0.859. The molecule has 0 atom stereocenters. The molecule has 1 aliphatic carbocycles. The molecule has 1 fully saturated rings. The number of amides is 1. The second-order valence-corrected chi connectivity index (χ2v) is 7.16. The van der Waals surface area contributed by atoms with Gasteiger partial charge in [-0.15, -0.1) is 17.9 Å². The number of fused-ring (bicyclic) bond motifs is 1. The highest BCUT2D eigenvalue weighted by molar-refractivity contribution is 7.14. The molecule has 1 aromatic rings. The molecule has 1 N–H and O–H groups in total. The molecule has 2 aliphatic rings. The number of piperidine rings is 1. The van der Waals surface area contributed by atoms with Gasteiger partial charge in [0.25, 0.3) is 5.91 Å². The van der Waals surface area contributed by atoms with E-state index in [0.717, 1.165) is 55.9 Å². The van der Waals surface area contributed by atoms with E-state index in [4.69, 9.17) is 4.74 Å². The molecule has 0 saturated carbocycles. The maximum atomic E-state index is 12.6. The molecule has 1 aromatic heterocycles. The van der Waals surface area contributed by atoms with Gasteiger partial charge in [0.1, 0.15) is 10.6 Å². The molecule has 3 rings (SSSR count). The van der Waals surface area contributed by atoms with E-state index in [-0.39, 0.29) is 11.9 Å². The first-order valence-electron chi connectivity index (χ1n) is 8.05. The summed E-state index contributed by atoms with van der Waals surface area (Å²) in [6.45, 7) is 6.76. The molecule has 0 spiro atoms. The summed E-state index contributed by atoms with van der Waals surface area (Å²) < 4.78 is 5.52. The van der Waals surface area contributed by atoms with Gasteiger partial charge in [0, 0.05) is 36.1 Å². The molecule has 2 heterocycles. The SMILES string of the molecule is C=CCN1CCC(NC(=O)c2sc3c(c2OC)CCC3)CC1. The van der Waals surface area contributed by atoms with Crippen molar-refractivity contribution in [1.82, 2.24) is 10.2 Å². The van der Waals surface area contributed by atoms with Gasteiger partial charge in [-0.3, -0.25) is 9.69 Å². The van der Waals surface area contributed by atoms with Crippen LogP contribution >= 0.6 is 11.3 Å². The smallest absolute Gasteiger partial charge is 0.265 e. The Kier molecular flexibility index (Phi) is 4.84. The fourth-order valence-electron chi connectivity index (χ4n) is 3.43. The number of carbonyl (C=O) groups is 1. The van der Waals surface area contributed by atoms with E-state index in [1.807, 2.05) is 6.08 Å². The van der Waals surface area contributed by atoms with Crippen molar-refractivity contribution in [3.63, 3.8) is 0 Å². The number of ether oxygens (including phenoxy) is 1. The van der Waals surface area contributed by atoms with Crippen LogP contribution < -0.4 is 10.1 Å². The van der Waals surface area contributed by atoms with Crippen LogP contribution in [0.1, 0.15) is 39.4 Å². The fraction of sp³-hybridized carbons (Fsp3) is 0.588. The third-order valence-corrected chi connectivity index (χ3v) is 5.87. The lowest BCUT2D eigenvalue weighted by molar-refractivity contribution is 0.0915. The first kappa shape index (κ1) is 15.6. The second-order valence-electron chi connectivity index (χ2n) is 6.06. The van der Waals surface area contributed by atoms with Crippen molar-refractivity contribution in [2.45, 2.75) is 38.1 Å². The summed E-state index contributed by atoms with van der Waals surface area (Å²) in [7, 11) is 1.67. The zero-order valence-corrected chi connectivity index (χ0v) is 14.0. The summed E-state index contributed by atoms with van der Waals surface area (Å²) in [5.41, 5.74) is 1.26. The van der Waals surface area contributed by atoms with Crippen LogP contribution in [0.3, 0.4) is 0 Å². The summed E-state index contributed by atoms with van der Waals surface area (Å²) in [5, 5.41) is 3.20. The van der Waals surface area contributed by atoms with E-state index < -0.39 is 0 Å². The van der Waals surface area contributed by atoms with Crippen molar-refractivity contribution < 1.29 is 9.53 Å². The quantitative estimate of drug-likeness (QED) is 0.848. The van der Waals surface area contributed by atoms with Gasteiger partial charge in [-0.05, 0) is 32.1 Å². The Morgan fingerprint density at radius 3 is 2.91 bits per heavy atom. The maximum Gasteiger partial charge on any atom is 0.265 e. The average Bonchev–Trinajstić information content (AvgIpc) is 3.09. The second kappa shape index (κ2) is 6.84. The van der Waals surface area contributed by atoms with Crippen LogP contribution in [0.4, 0.5) is 0 Å². The van der Waals surface area contributed by atoms with E-state index in [1.165, 1.54) is 16.9 Å². The minimum atomic E-state index is 0.0402. The zero-order valence-electron chi connectivity index (χ0n) is 13.2. The number of nitrogens with zero attached hydrogens (tertiary/aromatic N) is 1. The number of hydrogen-bond acceptors (Lipinski definition) is 4. The molecule has 1 amide bonds. The maximum absolute atomic E-state index is 12.6. The van der Waals surface area contributed by atoms with Crippen LogP contribution in [0.5, 0.6) is 5.75 Å². The van der Waals surface area contributed by atoms with Gasteiger partial charge in [0.2, 0.25) is 0 Å². The molecular weight excluding hydrogens is 296 g/mol. The summed E-state index contributed by atoms with van der Waals surface area (Å²) >= 11 is 1.62. The predicted octanol–water partition coefficient (Wildman–Crippen LogP) is 2.63. The fourth-order valence-corrected chi connectivity index (χ4v) is 4.70. The molecule has 0 aromatic carbocycles. The lowest BCUT2D eigenvalue weighted by Crippen LogP contribution is -2.44. The number of carbonyl (C=O) groups excluding carboxylic acids is 1. The van der Waals surface area contributed by atoms with Crippen LogP contribution in [-0.2, 0) is 12.8 Å². The Hall–Kier alpha value is -1.33. The van der Waals surface area contributed by atoms with Crippen molar-refractivity contribution >= 4 is 17.2 Å². The van der Waals surface area contributed by atoms with Gasteiger partial charge in [0.15, 0.2) is 0 Å². The Bertz CT molecular complexity index is 559.